The predicted molar refractivity (Wildman–Crippen MR) is 123 cm³/mol. The van der Waals surface area contributed by atoms with Gasteiger partial charge in [0.05, 0.1) is 5.92 Å². The fourth-order valence-electron chi connectivity index (χ4n) is 4.39. The standard InChI is InChI=1S/C23H30N4O5S/c24-22(28)18-5-4-12-26(16-18)15-17-6-8-19(9-7-17)25-23(29)20-10-11-21(32-20)33(30,31)27-13-2-1-3-14-27/h6-11,18H,1-5,12-16H2,(H2,24,28)(H,25,29). The van der Waals surface area contributed by atoms with Crippen molar-refractivity contribution in [2.45, 2.75) is 43.7 Å². The van der Waals surface area contributed by atoms with Crippen molar-refractivity contribution in [1.29, 1.82) is 0 Å². The number of carbonyl (C=O) groups excluding carboxylic acids is 2. The molecule has 0 saturated carbocycles. The van der Waals surface area contributed by atoms with Gasteiger partial charge in [0, 0.05) is 31.9 Å². The van der Waals surface area contributed by atoms with Crippen LogP contribution in [0, 0.1) is 5.92 Å². The van der Waals surface area contributed by atoms with E-state index in [1.807, 2.05) is 12.1 Å². The van der Waals surface area contributed by atoms with Gasteiger partial charge < -0.3 is 15.5 Å². The lowest BCUT2D eigenvalue weighted by Crippen LogP contribution is -2.40. The number of hydrogen-bond acceptors (Lipinski definition) is 6. The Morgan fingerprint density at radius 3 is 2.42 bits per heavy atom. The maximum absolute atomic E-state index is 12.7. The summed E-state index contributed by atoms with van der Waals surface area (Å²) in [6.07, 6.45) is 4.45. The summed E-state index contributed by atoms with van der Waals surface area (Å²) >= 11 is 0. The summed E-state index contributed by atoms with van der Waals surface area (Å²) in [5.41, 5.74) is 7.09. The number of amides is 2. The number of nitrogens with zero attached hydrogens (tertiary/aromatic N) is 2. The van der Waals surface area contributed by atoms with Crippen LogP contribution in [0.5, 0.6) is 0 Å². The smallest absolute Gasteiger partial charge is 0.291 e. The fourth-order valence-corrected chi connectivity index (χ4v) is 5.82. The minimum Gasteiger partial charge on any atom is -0.438 e. The number of carbonyl (C=O) groups is 2. The molecule has 3 heterocycles. The molecule has 0 radical (unpaired) electrons. The number of benzene rings is 1. The van der Waals surface area contributed by atoms with Crippen LogP contribution in [0.2, 0.25) is 0 Å². The summed E-state index contributed by atoms with van der Waals surface area (Å²) in [6.45, 7) is 3.22. The molecule has 4 rings (SSSR count). The summed E-state index contributed by atoms with van der Waals surface area (Å²) < 4.78 is 32.2. The monoisotopic (exact) mass is 474 g/mol. The number of nitrogens with one attached hydrogen (secondary N) is 1. The first-order valence-corrected chi connectivity index (χ1v) is 12.8. The van der Waals surface area contributed by atoms with Crippen molar-refractivity contribution in [1.82, 2.24) is 9.21 Å². The van der Waals surface area contributed by atoms with Crippen LogP contribution >= 0.6 is 0 Å². The lowest BCUT2D eigenvalue weighted by atomic mass is 9.97. The Hall–Kier alpha value is -2.69. The highest BCUT2D eigenvalue weighted by molar-refractivity contribution is 7.89. The molecule has 1 aromatic carbocycles. The van der Waals surface area contributed by atoms with Crippen molar-refractivity contribution in [2.24, 2.45) is 11.7 Å². The zero-order valence-corrected chi connectivity index (χ0v) is 19.4. The SMILES string of the molecule is NC(=O)C1CCCN(Cc2ccc(NC(=O)c3ccc(S(=O)(=O)N4CCCCC4)o3)cc2)C1. The van der Waals surface area contributed by atoms with Gasteiger partial charge in [-0.2, -0.15) is 4.31 Å². The summed E-state index contributed by atoms with van der Waals surface area (Å²) in [5, 5.41) is 2.53. The molecule has 1 atom stereocenters. The Balaban J connectivity index is 1.35. The fraction of sp³-hybridized carbons (Fsp3) is 0.478. The highest BCUT2D eigenvalue weighted by Crippen LogP contribution is 2.23. The van der Waals surface area contributed by atoms with E-state index in [1.165, 1.54) is 16.4 Å². The zero-order chi connectivity index (χ0) is 23.4. The summed E-state index contributed by atoms with van der Waals surface area (Å²) in [7, 11) is -3.72. The molecule has 178 valence electrons. The maximum Gasteiger partial charge on any atom is 0.291 e. The van der Waals surface area contributed by atoms with E-state index < -0.39 is 15.9 Å². The van der Waals surface area contributed by atoms with Gasteiger partial charge in [-0.05, 0) is 62.1 Å². The van der Waals surface area contributed by atoms with Crippen molar-refractivity contribution in [3.63, 3.8) is 0 Å². The van der Waals surface area contributed by atoms with Crippen molar-refractivity contribution >= 4 is 27.5 Å². The molecule has 2 aromatic rings. The third-order valence-corrected chi connectivity index (χ3v) is 8.01. The molecule has 0 aliphatic carbocycles. The third kappa shape index (κ3) is 5.63. The van der Waals surface area contributed by atoms with Gasteiger partial charge in [0.15, 0.2) is 5.76 Å². The molecule has 3 N–H and O–H groups in total. The molecule has 1 unspecified atom stereocenters. The Kier molecular flexibility index (Phi) is 7.16. The van der Waals surface area contributed by atoms with E-state index in [2.05, 4.69) is 10.2 Å². The van der Waals surface area contributed by atoms with Crippen LogP contribution in [0.1, 0.15) is 48.2 Å². The van der Waals surface area contributed by atoms with Gasteiger partial charge in [-0.25, -0.2) is 8.42 Å². The van der Waals surface area contributed by atoms with E-state index in [9.17, 15) is 18.0 Å². The van der Waals surface area contributed by atoms with Crippen LogP contribution in [-0.4, -0.2) is 55.6 Å². The molecule has 2 fully saturated rings. The Morgan fingerprint density at radius 2 is 1.73 bits per heavy atom. The van der Waals surface area contributed by atoms with E-state index in [0.29, 0.717) is 31.9 Å². The number of hydrogen-bond donors (Lipinski definition) is 2. The quantitative estimate of drug-likeness (QED) is 0.635. The van der Waals surface area contributed by atoms with Gasteiger partial charge >= 0.3 is 0 Å². The zero-order valence-electron chi connectivity index (χ0n) is 18.5. The highest BCUT2D eigenvalue weighted by atomic mass is 32.2. The molecule has 2 saturated heterocycles. The van der Waals surface area contributed by atoms with Gasteiger partial charge in [0.2, 0.25) is 11.0 Å². The van der Waals surface area contributed by atoms with Gasteiger partial charge in [-0.1, -0.05) is 18.6 Å². The molecule has 2 aliphatic rings. The van der Waals surface area contributed by atoms with Crippen LogP contribution in [0.3, 0.4) is 0 Å². The molecule has 0 spiro atoms. The van der Waals surface area contributed by atoms with E-state index in [0.717, 1.165) is 44.2 Å². The molecule has 2 amide bonds. The molecular formula is C23H30N4O5S. The van der Waals surface area contributed by atoms with E-state index in [1.54, 1.807) is 12.1 Å². The summed E-state index contributed by atoms with van der Waals surface area (Å²) in [5.74, 6) is -0.916. The first-order valence-electron chi connectivity index (χ1n) is 11.3. The topological polar surface area (TPSA) is 126 Å². The minimum atomic E-state index is -3.72. The lowest BCUT2D eigenvalue weighted by molar-refractivity contribution is -0.123. The average Bonchev–Trinajstić information content (AvgIpc) is 3.33. The number of likely N-dealkylation sites (tertiary alicyclic amines) is 1. The molecule has 1 aromatic heterocycles. The Bertz CT molecular complexity index is 1090. The number of piperidine rings is 2. The predicted octanol–water partition coefficient (Wildman–Crippen LogP) is 2.40. The largest absolute Gasteiger partial charge is 0.438 e. The minimum absolute atomic E-state index is 0.0551. The number of nitrogens with two attached hydrogens (primary N) is 1. The molecule has 0 bridgehead atoms. The van der Waals surface area contributed by atoms with Crippen molar-refractivity contribution in [3.8, 4) is 0 Å². The van der Waals surface area contributed by atoms with Crippen molar-refractivity contribution < 1.29 is 22.4 Å². The second-order valence-corrected chi connectivity index (χ2v) is 10.6. The first kappa shape index (κ1) is 23.5. The second-order valence-electron chi connectivity index (χ2n) is 8.71. The second kappa shape index (κ2) is 10.1. The number of rotatable bonds is 7. The average molecular weight is 475 g/mol. The number of furan rings is 1. The summed E-state index contributed by atoms with van der Waals surface area (Å²) in [6, 6.07) is 10.1. The molecule has 10 heteroatoms. The number of anilines is 1. The molecule has 33 heavy (non-hydrogen) atoms. The summed E-state index contributed by atoms with van der Waals surface area (Å²) in [4.78, 5) is 26.2. The van der Waals surface area contributed by atoms with Crippen LogP contribution in [0.4, 0.5) is 5.69 Å². The Labute approximate surface area is 194 Å². The third-order valence-electron chi connectivity index (χ3n) is 6.24. The normalized spacial score (nSPS) is 20.4. The van der Waals surface area contributed by atoms with E-state index >= 15 is 0 Å². The molecule has 2 aliphatic heterocycles. The van der Waals surface area contributed by atoms with Crippen LogP contribution in [-0.2, 0) is 21.4 Å². The maximum atomic E-state index is 12.7. The Morgan fingerprint density at radius 1 is 1.00 bits per heavy atom. The van der Waals surface area contributed by atoms with Crippen molar-refractivity contribution in [3.05, 3.63) is 47.7 Å². The molecular weight excluding hydrogens is 444 g/mol. The molecule has 9 nitrogen and oxygen atoms in total. The van der Waals surface area contributed by atoms with Gasteiger partial charge in [0.25, 0.3) is 15.9 Å². The van der Waals surface area contributed by atoms with E-state index in [4.69, 9.17) is 10.2 Å². The van der Waals surface area contributed by atoms with Crippen LogP contribution in [0.25, 0.3) is 0 Å². The van der Waals surface area contributed by atoms with Crippen LogP contribution in [0.15, 0.2) is 45.9 Å². The van der Waals surface area contributed by atoms with E-state index in [-0.39, 0.29) is 22.7 Å². The number of primary amides is 1. The van der Waals surface area contributed by atoms with Crippen molar-refractivity contribution in [2.75, 3.05) is 31.5 Å². The first-order chi connectivity index (χ1) is 15.8. The number of sulfonamides is 1. The van der Waals surface area contributed by atoms with Gasteiger partial charge in [-0.15, -0.1) is 0 Å². The highest BCUT2D eigenvalue weighted by Gasteiger charge is 2.29. The van der Waals surface area contributed by atoms with Crippen LogP contribution < -0.4 is 11.1 Å². The van der Waals surface area contributed by atoms with Gasteiger partial charge in [0.1, 0.15) is 0 Å². The lowest BCUT2D eigenvalue weighted by Gasteiger charge is -2.31. The van der Waals surface area contributed by atoms with Gasteiger partial charge in [-0.3, -0.25) is 14.5 Å².